The first-order chi connectivity index (χ1) is 9.08. The topological polar surface area (TPSA) is 69.6 Å². The van der Waals surface area contributed by atoms with Gasteiger partial charge >= 0.3 is 12.0 Å². The first-order valence-corrected chi connectivity index (χ1v) is 6.52. The highest BCUT2D eigenvalue weighted by Crippen LogP contribution is 2.20. The summed E-state index contributed by atoms with van der Waals surface area (Å²) in [5.74, 6) is -1.09. The summed E-state index contributed by atoms with van der Waals surface area (Å²) in [6.07, 6.45) is 0. The van der Waals surface area contributed by atoms with E-state index < -0.39 is 5.97 Å². The van der Waals surface area contributed by atoms with Gasteiger partial charge in [0.1, 0.15) is 0 Å². The summed E-state index contributed by atoms with van der Waals surface area (Å²) in [7, 11) is 1.68. The van der Waals surface area contributed by atoms with Gasteiger partial charge in [-0.3, -0.25) is 0 Å². The Hall–Kier alpha value is -1.75. The summed E-state index contributed by atoms with van der Waals surface area (Å²) in [5, 5.41) is 11.9. The number of halogens is 1. The number of rotatable bonds is 3. The molecule has 0 radical (unpaired) electrons. The number of carboxylic acids is 1. The molecule has 0 bridgehead atoms. The van der Waals surface area contributed by atoms with E-state index in [0.717, 1.165) is 0 Å². The van der Waals surface area contributed by atoms with Crippen LogP contribution in [0.15, 0.2) is 18.2 Å². The monoisotopic (exact) mass is 298 g/mol. The number of hydrogen-bond acceptors (Lipinski definition) is 2. The largest absolute Gasteiger partial charge is 0.478 e. The minimum atomic E-state index is -1.09. The van der Waals surface area contributed by atoms with Crippen LogP contribution in [0.1, 0.15) is 31.1 Å². The molecule has 20 heavy (non-hydrogen) atoms. The Balaban J connectivity index is 2.83. The number of nitrogens with one attached hydrogen (secondary N) is 1. The van der Waals surface area contributed by atoms with Gasteiger partial charge in [-0.05, 0) is 23.6 Å². The van der Waals surface area contributed by atoms with Gasteiger partial charge in [-0.25, -0.2) is 9.59 Å². The Kier molecular flexibility index (Phi) is 5.00. The molecule has 110 valence electrons. The molecule has 0 saturated heterocycles. The van der Waals surface area contributed by atoms with Crippen LogP contribution < -0.4 is 5.32 Å². The number of nitrogens with zero attached hydrogens (tertiary/aromatic N) is 1. The zero-order chi connectivity index (χ0) is 15.5. The first-order valence-electron chi connectivity index (χ1n) is 6.14. The number of carboxylic acid groups (broad SMARTS) is 1. The highest BCUT2D eigenvalue weighted by molar-refractivity contribution is 6.31. The van der Waals surface area contributed by atoms with Crippen molar-refractivity contribution in [3.05, 3.63) is 28.8 Å². The Bertz CT molecular complexity index is 524. The lowest BCUT2D eigenvalue weighted by atomic mass is 9.96. The zero-order valence-electron chi connectivity index (χ0n) is 12.0. The maximum atomic E-state index is 12.0. The summed E-state index contributed by atoms with van der Waals surface area (Å²) < 4.78 is 0. The molecule has 2 N–H and O–H groups in total. The highest BCUT2D eigenvalue weighted by atomic mass is 35.5. The Morgan fingerprint density at radius 1 is 1.30 bits per heavy atom. The van der Waals surface area contributed by atoms with Crippen molar-refractivity contribution < 1.29 is 14.7 Å². The quantitative estimate of drug-likeness (QED) is 0.896. The van der Waals surface area contributed by atoms with Crippen LogP contribution in [0.4, 0.5) is 10.5 Å². The van der Waals surface area contributed by atoms with Crippen LogP contribution in [0.3, 0.4) is 0 Å². The van der Waals surface area contributed by atoms with Gasteiger partial charge in [0.15, 0.2) is 0 Å². The van der Waals surface area contributed by atoms with Crippen LogP contribution >= 0.6 is 11.6 Å². The van der Waals surface area contributed by atoms with Gasteiger partial charge in [-0.1, -0.05) is 32.4 Å². The van der Waals surface area contributed by atoms with Crippen LogP contribution in [0.2, 0.25) is 5.02 Å². The number of urea groups is 1. The van der Waals surface area contributed by atoms with E-state index in [1.165, 1.54) is 18.2 Å². The molecule has 0 spiro atoms. The van der Waals surface area contributed by atoms with Gasteiger partial charge in [0.05, 0.1) is 5.56 Å². The Morgan fingerprint density at radius 2 is 1.90 bits per heavy atom. The van der Waals surface area contributed by atoms with E-state index in [2.05, 4.69) is 5.32 Å². The average molecular weight is 299 g/mol. The molecule has 0 aliphatic rings. The number of hydrogen-bond donors (Lipinski definition) is 2. The Labute approximate surface area is 123 Å². The summed E-state index contributed by atoms with van der Waals surface area (Å²) in [4.78, 5) is 24.5. The molecular weight excluding hydrogens is 280 g/mol. The van der Waals surface area contributed by atoms with Crippen molar-refractivity contribution in [2.75, 3.05) is 18.9 Å². The predicted octanol–water partition coefficient (Wildman–Crippen LogP) is 3.55. The van der Waals surface area contributed by atoms with E-state index in [9.17, 15) is 9.59 Å². The van der Waals surface area contributed by atoms with Crippen LogP contribution in [-0.4, -0.2) is 35.6 Å². The number of aromatic carboxylic acids is 1. The molecule has 0 atom stereocenters. The van der Waals surface area contributed by atoms with Crippen LogP contribution in [0, 0.1) is 5.41 Å². The van der Waals surface area contributed by atoms with E-state index in [0.29, 0.717) is 12.2 Å². The molecule has 2 amide bonds. The molecule has 0 aromatic heterocycles. The summed E-state index contributed by atoms with van der Waals surface area (Å²) >= 11 is 5.84. The third kappa shape index (κ3) is 5.09. The van der Waals surface area contributed by atoms with Gasteiger partial charge in [-0.2, -0.15) is 0 Å². The van der Waals surface area contributed by atoms with Crippen molar-refractivity contribution in [2.45, 2.75) is 20.8 Å². The standard InChI is InChI=1S/C14H19ClN2O3/c1-14(2,3)8-17(4)13(20)16-11-6-9(12(18)19)5-10(15)7-11/h5-7H,8H2,1-4H3,(H,16,20)(H,18,19). The second kappa shape index (κ2) is 6.13. The number of carbonyl (C=O) groups is 2. The van der Waals surface area contributed by atoms with E-state index in [4.69, 9.17) is 16.7 Å². The molecule has 0 aliphatic heterocycles. The van der Waals surface area contributed by atoms with Gasteiger partial charge < -0.3 is 15.3 Å². The number of amides is 2. The average Bonchev–Trinajstić information content (AvgIpc) is 2.25. The molecule has 5 nitrogen and oxygen atoms in total. The van der Waals surface area contributed by atoms with Crippen molar-refractivity contribution in [3.8, 4) is 0 Å². The highest BCUT2D eigenvalue weighted by Gasteiger charge is 2.18. The lowest BCUT2D eigenvalue weighted by molar-refractivity contribution is 0.0697. The summed E-state index contributed by atoms with van der Waals surface area (Å²) in [5.41, 5.74) is 0.374. The molecule has 1 rings (SSSR count). The number of carbonyl (C=O) groups excluding carboxylic acids is 1. The van der Waals surface area contributed by atoms with E-state index >= 15 is 0 Å². The van der Waals surface area contributed by atoms with Crippen LogP contribution in [-0.2, 0) is 0 Å². The Morgan fingerprint density at radius 3 is 2.40 bits per heavy atom. The van der Waals surface area contributed by atoms with Gasteiger partial charge in [0.2, 0.25) is 0 Å². The van der Waals surface area contributed by atoms with Crippen molar-refractivity contribution in [1.82, 2.24) is 4.90 Å². The molecule has 0 saturated carbocycles. The molecule has 0 fully saturated rings. The van der Waals surface area contributed by atoms with E-state index in [-0.39, 0.29) is 22.0 Å². The second-order valence-electron chi connectivity index (χ2n) is 5.88. The minimum Gasteiger partial charge on any atom is -0.478 e. The fourth-order valence-electron chi connectivity index (χ4n) is 1.79. The van der Waals surface area contributed by atoms with Gasteiger partial charge in [0.25, 0.3) is 0 Å². The number of anilines is 1. The van der Waals surface area contributed by atoms with Crippen molar-refractivity contribution in [1.29, 1.82) is 0 Å². The van der Waals surface area contributed by atoms with Gasteiger partial charge in [-0.15, -0.1) is 0 Å². The third-order valence-corrected chi connectivity index (χ3v) is 2.67. The predicted molar refractivity (Wildman–Crippen MR) is 79.5 cm³/mol. The normalized spacial score (nSPS) is 11.1. The fraction of sp³-hybridized carbons (Fsp3) is 0.429. The fourth-order valence-corrected chi connectivity index (χ4v) is 2.02. The molecule has 6 heteroatoms. The molecule has 1 aromatic carbocycles. The summed E-state index contributed by atoms with van der Waals surface area (Å²) in [6, 6.07) is 3.91. The smallest absolute Gasteiger partial charge is 0.335 e. The van der Waals surface area contributed by atoms with Crippen LogP contribution in [0.5, 0.6) is 0 Å². The maximum absolute atomic E-state index is 12.0. The van der Waals surface area contributed by atoms with Crippen molar-refractivity contribution >= 4 is 29.3 Å². The maximum Gasteiger partial charge on any atom is 0.335 e. The SMILES string of the molecule is CN(CC(C)(C)C)C(=O)Nc1cc(Cl)cc(C(=O)O)c1. The third-order valence-electron chi connectivity index (χ3n) is 2.45. The molecular formula is C14H19ClN2O3. The van der Waals surface area contributed by atoms with E-state index in [1.807, 2.05) is 20.8 Å². The zero-order valence-corrected chi connectivity index (χ0v) is 12.8. The van der Waals surface area contributed by atoms with Gasteiger partial charge in [0, 0.05) is 24.3 Å². The first kappa shape index (κ1) is 16.3. The molecule has 1 aromatic rings. The van der Waals surface area contributed by atoms with Crippen molar-refractivity contribution in [3.63, 3.8) is 0 Å². The van der Waals surface area contributed by atoms with E-state index in [1.54, 1.807) is 11.9 Å². The number of benzene rings is 1. The van der Waals surface area contributed by atoms with Crippen LogP contribution in [0.25, 0.3) is 0 Å². The molecule has 0 aliphatic carbocycles. The van der Waals surface area contributed by atoms with Crippen molar-refractivity contribution in [2.24, 2.45) is 5.41 Å². The summed E-state index contributed by atoms with van der Waals surface area (Å²) in [6.45, 7) is 6.65. The lowest BCUT2D eigenvalue weighted by Gasteiger charge is -2.26. The lowest BCUT2D eigenvalue weighted by Crippen LogP contribution is -2.37. The molecule has 0 unspecified atom stereocenters. The minimum absolute atomic E-state index is 0.0212. The molecule has 0 heterocycles. The second-order valence-corrected chi connectivity index (χ2v) is 6.32.